The molecule has 2 heterocycles. The van der Waals surface area contributed by atoms with Gasteiger partial charge in [-0.15, -0.1) is 24.0 Å². The average molecular weight is 505 g/mol. The second-order valence-electron chi connectivity index (χ2n) is 6.93. The molecule has 0 bridgehead atoms. The van der Waals surface area contributed by atoms with Crippen LogP contribution in [0.15, 0.2) is 29.3 Å². The minimum Gasteiger partial charge on any atom is -0.381 e. The number of guanidine groups is 1. The molecule has 2 aliphatic heterocycles. The van der Waals surface area contributed by atoms with Crippen LogP contribution in [0.4, 0.5) is 0 Å². The third kappa shape index (κ3) is 8.17. The summed E-state index contributed by atoms with van der Waals surface area (Å²) >= 11 is 2.02. The van der Waals surface area contributed by atoms with Crippen LogP contribution in [0.2, 0.25) is 0 Å². The van der Waals surface area contributed by atoms with Crippen molar-refractivity contribution in [3.63, 3.8) is 0 Å². The van der Waals surface area contributed by atoms with Crippen molar-refractivity contribution >= 4 is 41.7 Å². The number of ether oxygens (including phenoxy) is 2. The number of aliphatic imine (C=N–C) groups is 1. The molecule has 3 rings (SSSR count). The number of rotatable bonds is 6. The van der Waals surface area contributed by atoms with Gasteiger partial charge in [-0.25, -0.2) is 0 Å². The minimum absolute atomic E-state index is 0. The Morgan fingerprint density at radius 1 is 1.26 bits per heavy atom. The summed E-state index contributed by atoms with van der Waals surface area (Å²) < 4.78 is 11.4. The van der Waals surface area contributed by atoms with E-state index in [-0.39, 0.29) is 24.0 Å². The van der Waals surface area contributed by atoms with Gasteiger partial charge in [0.2, 0.25) is 0 Å². The van der Waals surface area contributed by atoms with E-state index in [4.69, 9.17) is 9.47 Å². The van der Waals surface area contributed by atoms with Crippen molar-refractivity contribution in [2.75, 3.05) is 31.8 Å². The highest BCUT2D eigenvalue weighted by atomic mass is 127. The first-order chi connectivity index (χ1) is 12.8. The summed E-state index contributed by atoms with van der Waals surface area (Å²) in [5.74, 6) is 3.34. The van der Waals surface area contributed by atoms with Gasteiger partial charge in [0.05, 0.1) is 12.7 Å². The SMILES string of the molecule is CN=C(NCc1cccc(COC2CCOCC2)c1)NC1CCCSC1.I. The number of hydrogen-bond donors (Lipinski definition) is 2. The third-order valence-corrected chi connectivity index (χ3v) is 6.05. The number of thioether (sulfide) groups is 1. The van der Waals surface area contributed by atoms with E-state index in [0.717, 1.165) is 38.6 Å². The van der Waals surface area contributed by atoms with Crippen molar-refractivity contribution in [2.45, 2.75) is 51.0 Å². The van der Waals surface area contributed by atoms with Crippen molar-refractivity contribution in [1.82, 2.24) is 10.6 Å². The molecule has 0 aromatic heterocycles. The summed E-state index contributed by atoms with van der Waals surface area (Å²) in [5.41, 5.74) is 2.47. The summed E-state index contributed by atoms with van der Waals surface area (Å²) in [7, 11) is 1.84. The number of hydrogen-bond acceptors (Lipinski definition) is 4. The average Bonchev–Trinajstić information content (AvgIpc) is 2.71. The summed E-state index contributed by atoms with van der Waals surface area (Å²) in [6.45, 7) is 3.08. The van der Waals surface area contributed by atoms with Gasteiger partial charge in [0.25, 0.3) is 0 Å². The Kier molecular flexibility index (Phi) is 10.8. The van der Waals surface area contributed by atoms with Crippen LogP contribution in [0.5, 0.6) is 0 Å². The first-order valence-electron chi connectivity index (χ1n) is 9.65. The zero-order chi connectivity index (χ0) is 18.0. The first kappa shape index (κ1) is 22.8. The van der Waals surface area contributed by atoms with Gasteiger partial charge in [-0.1, -0.05) is 24.3 Å². The zero-order valence-electron chi connectivity index (χ0n) is 16.1. The molecule has 152 valence electrons. The molecule has 0 amide bonds. The monoisotopic (exact) mass is 505 g/mol. The molecule has 1 atom stereocenters. The van der Waals surface area contributed by atoms with Gasteiger partial charge >= 0.3 is 0 Å². The molecular weight excluding hydrogens is 473 g/mol. The maximum atomic E-state index is 6.03. The topological polar surface area (TPSA) is 54.9 Å². The van der Waals surface area contributed by atoms with Crippen molar-refractivity contribution in [3.8, 4) is 0 Å². The van der Waals surface area contributed by atoms with Crippen LogP contribution in [0.1, 0.15) is 36.8 Å². The molecule has 1 aromatic carbocycles. The van der Waals surface area contributed by atoms with Gasteiger partial charge in [0.1, 0.15) is 0 Å². The first-order valence-corrected chi connectivity index (χ1v) is 10.8. The van der Waals surface area contributed by atoms with Crippen LogP contribution in [-0.4, -0.2) is 49.9 Å². The molecule has 1 unspecified atom stereocenters. The maximum Gasteiger partial charge on any atom is 0.191 e. The second-order valence-corrected chi connectivity index (χ2v) is 8.08. The fraction of sp³-hybridized carbons (Fsp3) is 0.650. The fourth-order valence-corrected chi connectivity index (χ4v) is 4.39. The van der Waals surface area contributed by atoms with Gasteiger partial charge in [-0.2, -0.15) is 11.8 Å². The third-order valence-electron chi connectivity index (χ3n) is 4.83. The molecule has 0 saturated carbocycles. The van der Waals surface area contributed by atoms with Gasteiger partial charge in [0, 0.05) is 38.6 Å². The van der Waals surface area contributed by atoms with Crippen molar-refractivity contribution in [3.05, 3.63) is 35.4 Å². The highest BCUT2D eigenvalue weighted by Crippen LogP contribution is 2.17. The van der Waals surface area contributed by atoms with E-state index in [2.05, 4.69) is 39.9 Å². The van der Waals surface area contributed by atoms with E-state index in [9.17, 15) is 0 Å². The Morgan fingerprint density at radius 2 is 2.07 bits per heavy atom. The van der Waals surface area contributed by atoms with Crippen LogP contribution < -0.4 is 10.6 Å². The Balaban J connectivity index is 0.00000261. The lowest BCUT2D eigenvalue weighted by molar-refractivity contribution is -0.0390. The number of halogens is 1. The van der Waals surface area contributed by atoms with Crippen LogP contribution >= 0.6 is 35.7 Å². The van der Waals surface area contributed by atoms with Crippen LogP contribution in [-0.2, 0) is 22.6 Å². The molecule has 5 nitrogen and oxygen atoms in total. The Bertz CT molecular complexity index is 576. The molecule has 2 N–H and O–H groups in total. The van der Waals surface area contributed by atoms with E-state index < -0.39 is 0 Å². The van der Waals surface area contributed by atoms with E-state index in [1.165, 1.54) is 35.5 Å². The molecule has 1 aromatic rings. The van der Waals surface area contributed by atoms with Gasteiger partial charge in [-0.05, 0) is 42.6 Å². The van der Waals surface area contributed by atoms with E-state index in [1.54, 1.807) is 0 Å². The largest absolute Gasteiger partial charge is 0.381 e. The van der Waals surface area contributed by atoms with Gasteiger partial charge < -0.3 is 20.1 Å². The molecule has 7 heteroatoms. The number of nitrogens with one attached hydrogen (secondary N) is 2. The van der Waals surface area contributed by atoms with Gasteiger partial charge in [-0.3, -0.25) is 4.99 Å². The van der Waals surface area contributed by atoms with E-state index >= 15 is 0 Å². The number of nitrogens with zero attached hydrogens (tertiary/aromatic N) is 1. The standard InChI is InChI=1S/C20H31N3O2S.HI/c1-21-20(23-18-6-3-11-26-15-18)22-13-16-4-2-5-17(12-16)14-25-19-7-9-24-10-8-19;/h2,4-5,12,18-19H,3,6-11,13-15H2,1H3,(H2,21,22,23);1H. The lowest BCUT2D eigenvalue weighted by Gasteiger charge is -2.24. The quantitative estimate of drug-likeness (QED) is 0.352. The Hall–Kier alpha value is -0.510. The van der Waals surface area contributed by atoms with Crippen LogP contribution in [0.3, 0.4) is 0 Å². The predicted octanol–water partition coefficient (Wildman–Crippen LogP) is 3.56. The smallest absolute Gasteiger partial charge is 0.191 e. The summed E-state index contributed by atoms with van der Waals surface area (Å²) in [6.07, 6.45) is 4.86. The fourth-order valence-electron chi connectivity index (χ4n) is 3.31. The normalized spacial score (nSPS) is 21.4. The highest BCUT2D eigenvalue weighted by molar-refractivity contribution is 14.0. The van der Waals surface area contributed by atoms with E-state index in [1.807, 2.05) is 18.8 Å². The zero-order valence-corrected chi connectivity index (χ0v) is 19.3. The molecular formula is C20H32IN3O2S. The minimum atomic E-state index is 0. The Morgan fingerprint density at radius 3 is 2.81 bits per heavy atom. The maximum absolute atomic E-state index is 6.03. The molecule has 2 aliphatic rings. The molecule has 2 saturated heterocycles. The predicted molar refractivity (Wildman–Crippen MR) is 124 cm³/mol. The van der Waals surface area contributed by atoms with Gasteiger partial charge in [0.15, 0.2) is 5.96 Å². The number of benzene rings is 1. The Labute approximate surface area is 184 Å². The van der Waals surface area contributed by atoms with Crippen molar-refractivity contribution in [2.24, 2.45) is 4.99 Å². The summed E-state index contributed by atoms with van der Waals surface area (Å²) in [6, 6.07) is 9.13. The lowest BCUT2D eigenvalue weighted by atomic mass is 10.1. The van der Waals surface area contributed by atoms with Crippen LogP contribution in [0, 0.1) is 0 Å². The summed E-state index contributed by atoms with van der Waals surface area (Å²) in [4.78, 5) is 4.37. The second kappa shape index (κ2) is 12.9. The lowest BCUT2D eigenvalue weighted by Crippen LogP contribution is -2.45. The molecule has 27 heavy (non-hydrogen) atoms. The molecule has 0 radical (unpaired) electrons. The molecule has 2 fully saturated rings. The summed E-state index contributed by atoms with van der Waals surface area (Å²) in [5, 5.41) is 6.98. The molecule has 0 aliphatic carbocycles. The van der Waals surface area contributed by atoms with Crippen LogP contribution in [0.25, 0.3) is 0 Å². The molecule has 0 spiro atoms. The van der Waals surface area contributed by atoms with Crippen molar-refractivity contribution in [1.29, 1.82) is 0 Å². The van der Waals surface area contributed by atoms with E-state index in [0.29, 0.717) is 18.8 Å². The highest BCUT2D eigenvalue weighted by Gasteiger charge is 2.15. The van der Waals surface area contributed by atoms with Crippen molar-refractivity contribution < 1.29 is 9.47 Å².